The van der Waals surface area contributed by atoms with Crippen molar-refractivity contribution < 1.29 is 27.5 Å². The van der Waals surface area contributed by atoms with Crippen LogP contribution in [0.5, 0.6) is 5.75 Å². The number of allylic oxidation sites excluding steroid dienone is 1. The van der Waals surface area contributed by atoms with Gasteiger partial charge in [0.1, 0.15) is 5.75 Å². The summed E-state index contributed by atoms with van der Waals surface area (Å²) in [5, 5.41) is 5.47. The van der Waals surface area contributed by atoms with Gasteiger partial charge in [0, 0.05) is 41.7 Å². The average Bonchev–Trinajstić information content (AvgIpc) is 3.92. The van der Waals surface area contributed by atoms with Crippen molar-refractivity contribution in [2.45, 2.75) is 109 Å². The van der Waals surface area contributed by atoms with Crippen molar-refractivity contribution in [2.75, 3.05) is 20.2 Å². The molecule has 2 amide bonds. The molecule has 1 unspecified atom stereocenters. The Balaban J connectivity index is 1.34. The number of nitrogens with zero attached hydrogens (tertiary/aromatic N) is 4. The van der Waals surface area contributed by atoms with Gasteiger partial charge < -0.3 is 18.9 Å². The van der Waals surface area contributed by atoms with Gasteiger partial charge in [0.05, 0.1) is 53.8 Å². The summed E-state index contributed by atoms with van der Waals surface area (Å²) in [6, 6.07) is 11.8. The lowest BCUT2D eigenvalue weighted by Crippen LogP contribution is -2.48. The van der Waals surface area contributed by atoms with Gasteiger partial charge in [-0.15, -0.1) is 0 Å². The van der Waals surface area contributed by atoms with Crippen LogP contribution in [0.2, 0.25) is 0 Å². The molecule has 1 saturated heterocycles. The molecule has 280 valence electrons. The third-order valence-electron chi connectivity index (χ3n) is 11.4. The fourth-order valence-corrected chi connectivity index (χ4v) is 10.2. The minimum atomic E-state index is -3.73. The highest BCUT2D eigenvalue weighted by Gasteiger charge is 2.38. The molecule has 1 N–H and O–H groups in total. The van der Waals surface area contributed by atoms with Gasteiger partial charge in [-0.25, -0.2) is 13.1 Å². The lowest BCUT2D eigenvalue weighted by atomic mass is 9.81. The maximum Gasteiger partial charge on any atom is 0.264 e. The van der Waals surface area contributed by atoms with E-state index < -0.39 is 21.2 Å². The normalized spacial score (nSPS) is 20.8. The van der Waals surface area contributed by atoms with Crippen LogP contribution in [0.1, 0.15) is 115 Å². The van der Waals surface area contributed by atoms with Crippen molar-refractivity contribution in [1.82, 2.24) is 24.0 Å². The SMILES string of the molecule is CCn1nc(C)c(C(=O)N2CC(C)O[C@H](C)C2)c1C1=Cc2cc(OC)ccc2-c2c(C3CCCCC3)c3ccc(C(=O)NS(=O)(=O)C4CC4)cc3n2C1. The van der Waals surface area contributed by atoms with Crippen LogP contribution in [0.15, 0.2) is 36.4 Å². The average molecular weight is 740 g/mol. The molecule has 11 nitrogen and oxygen atoms in total. The highest BCUT2D eigenvalue weighted by molar-refractivity contribution is 7.91. The quantitative estimate of drug-likeness (QED) is 0.208. The Labute approximate surface area is 311 Å². The molecule has 0 radical (unpaired) electrons. The Bertz CT molecular complexity index is 2250. The number of morpholine rings is 1. The molecule has 2 aliphatic heterocycles. The minimum absolute atomic E-state index is 0.0634. The number of carbonyl (C=O) groups is 2. The van der Waals surface area contributed by atoms with Gasteiger partial charge in [-0.2, -0.15) is 5.10 Å². The molecular weight excluding hydrogens is 691 g/mol. The van der Waals surface area contributed by atoms with E-state index in [9.17, 15) is 18.0 Å². The zero-order valence-corrected chi connectivity index (χ0v) is 32.1. The zero-order valence-electron chi connectivity index (χ0n) is 31.3. The Kier molecular flexibility index (Phi) is 9.25. The van der Waals surface area contributed by atoms with Crippen molar-refractivity contribution in [3.63, 3.8) is 0 Å². The first kappa shape index (κ1) is 35.6. The number of nitrogens with one attached hydrogen (secondary N) is 1. The van der Waals surface area contributed by atoms with Crippen LogP contribution < -0.4 is 9.46 Å². The van der Waals surface area contributed by atoms with Gasteiger partial charge in [-0.3, -0.25) is 14.3 Å². The minimum Gasteiger partial charge on any atom is -0.497 e. The Hall–Kier alpha value is -4.42. The summed E-state index contributed by atoms with van der Waals surface area (Å²) in [5.41, 5.74) is 8.45. The molecule has 3 fully saturated rings. The van der Waals surface area contributed by atoms with Crippen LogP contribution in [0, 0.1) is 6.92 Å². The van der Waals surface area contributed by atoms with Crippen molar-refractivity contribution in [3.8, 4) is 17.0 Å². The number of ether oxygens (including phenoxy) is 2. The monoisotopic (exact) mass is 739 g/mol. The summed E-state index contributed by atoms with van der Waals surface area (Å²) in [6.45, 7) is 9.90. The van der Waals surface area contributed by atoms with E-state index in [2.05, 4.69) is 27.5 Å². The predicted molar refractivity (Wildman–Crippen MR) is 206 cm³/mol. The largest absolute Gasteiger partial charge is 0.497 e. The maximum absolute atomic E-state index is 14.6. The molecule has 12 heteroatoms. The molecule has 53 heavy (non-hydrogen) atoms. The maximum atomic E-state index is 14.6. The van der Waals surface area contributed by atoms with E-state index in [0.29, 0.717) is 61.8 Å². The van der Waals surface area contributed by atoms with Crippen molar-refractivity contribution >= 4 is 44.4 Å². The van der Waals surface area contributed by atoms with Crippen LogP contribution in [0.4, 0.5) is 0 Å². The molecule has 0 bridgehead atoms. The van der Waals surface area contributed by atoms with Crippen LogP contribution in [-0.4, -0.2) is 77.1 Å². The molecule has 2 atom stereocenters. The standard InChI is InChI=1S/C41H49N5O6S/c1-6-46-38(36(26(4)42-46)41(48)44-21-24(2)52-25(3)22-44)30-18-29-19-31(51-5)13-17-33(29)39-37(27-10-8-7-9-11-27)34-16-12-28(20-35(34)45(39)23-30)40(47)43-53(49,50)32-14-15-32/h12-13,16-20,24-25,27,32H,6-11,14-15,21-23H2,1-5H3,(H,43,47)/t24-,25?/m1/s1. The van der Waals surface area contributed by atoms with Gasteiger partial charge in [0.25, 0.3) is 11.8 Å². The summed E-state index contributed by atoms with van der Waals surface area (Å²) in [7, 11) is -2.06. The van der Waals surface area contributed by atoms with E-state index in [0.717, 1.165) is 70.4 Å². The van der Waals surface area contributed by atoms with Gasteiger partial charge in [0.2, 0.25) is 10.0 Å². The lowest BCUT2D eigenvalue weighted by Gasteiger charge is -2.35. The number of rotatable bonds is 8. The first-order valence-electron chi connectivity index (χ1n) is 19.1. The van der Waals surface area contributed by atoms with E-state index >= 15 is 0 Å². The fourth-order valence-electron chi connectivity index (χ4n) is 8.87. The number of hydrogen-bond donors (Lipinski definition) is 1. The highest BCUT2D eigenvalue weighted by Crippen LogP contribution is 2.48. The molecule has 4 heterocycles. The van der Waals surface area contributed by atoms with E-state index in [1.807, 2.05) is 55.5 Å². The summed E-state index contributed by atoms with van der Waals surface area (Å²) in [4.78, 5) is 30.0. The topological polar surface area (TPSA) is 125 Å². The Morgan fingerprint density at radius 2 is 1.72 bits per heavy atom. The number of sulfonamides is 1. The van der Waals surface area contributed by atoms with Crippen molar-refractivity contribution in [2.24, 2.45) is 0 Å². The first-order valence-corrected chi connectivity index (χ1v) is 20.7. The van der Waals surface area contributed by atoms with E-state index in [1.54, 1.807) is 13.2 Å². The summed E-state index contributed by atoms with van der Waals surface area (Å²) >= 11 is 0. The van der Waals surface area contributed by atoms with Crippen molar-refractivity contribution in [1.29, 1.82) is 0 Å². The van der Waals surface area contributed by atoms with Crippen LogP contribution >= 0.6 is 0 Å². The number of fused-ring (bicyclic) bond motifs is 5. The third kappa shape index (κ3) is 6.47. The van der Waals surface area contributed by atoms with Crippen LogP contribution in [0.25, 0.3) is 33.8 Å². The number of carbonyl (C=O) groups excluding carboxylic acids is 2. The van der Waals surface area contributed by atoms with Gasteiger partial charge in [0.15, 0.2) is 0 Å². The van der Waals surface area contributed by atoms with Crippen molar-refractivity contribution in [3.05, 3.63) is 70.0 Å². The number of benzene rings is 2. The molecular formula is C41H49N5O6S. The predicted octanol–water partition coefficient (Wildman–Crippen LogP) is 6.92. The molecule has 2 aromatic carbocycles. The van der Waals surface area contributed by atoms with E-state index in [-0.39, 0.29) is 18.1 Å². The molecule has 2 aliphatic carbocycles. The molecule has 2 saturated carbocycles. The Morgan fingerprint density at radius 1 is 0.981 bits per heavy atom. The Morgan fingerprint density at radius 3 is 2.40 bits per heavy atom. The summed E-state index contributed by atoms with van der Waals surface area (Å²) < 4.78 is 43.9. The summed E-state index contributed by atoms with van der Waals surface area (Å²) in [5.74, 6) is 0.364. The number of aryl methyl sites for hydroxylation is 2. The third-order valence-corrected chi connectivity index (χ3v) is 13.2. The second-order valence-corrected chi connectivity index (χ2v) is 17.3. The zero-order chi connectivity index (χ0) is 37.2. The van der Waals surface area contributed by atoms with E-state index in [4.69, 9.17) is 14.6 Å². The number of hydrogen-bond acceptors (Lipinski definition) is 7. The second-order valence-electron chi connectivity index (χ2n) is 15.3. The van der Waals surface area contributed by atoms with Gasteiger partial charge >= 0.3 is 0 Å². The first-order chi connectivity index (χ1) is 25.5. The molecule has 2 aromatic heterocycles. The molecule has 8 rings (SSSR count). The number of methoxy groups -OCH3 is 1. The number of aromatic nitrogens is 3. The van der Waals surface area contributed by atoms with Gasteiger partial charge in [-0.05, 0) is 112 Å². The number of amides is 2. The fraction of sp³-hybridized carbons (Fsp3) is 0.488. The lowest BCUT2D eigenvalue weighted by molar-refractivity contribution is -0.0586. The molecule has 0 spiro atoms. The van der Waals surface area contributed by atoms with Gasteiger partial charge in [-0.1, -0.05) is 25.3 Å². The smallest absolute Gasteiger partial charge is 0.264 e. The second kappa shape index (κ2) is 13.8. The molecule has 4 aromatic rings. The van der Waals surface area contributed by atoms with E-state index in [1.165, 1.54) is 12.0 Å². The summed E-state index contributed by atoms with van der Waals surface area (Å²) in [6.07, 6.45) is 8.78. The van der Waals surface area contributed by atoms with Crippen LogP contribution in [0.3, 0.4) is 0 Å². The highest BCUT2D eigenvalue weighted by atomic mass is 32.2. The van der Waals surface area contributed by atoms with Crippen LogP contribution in [-0.2, 0) is 27.8 Å². The molecule has 4 aliphatic rings.